The molecule has 0 atom stereocenters. The Morgan fingerprint density at radius 1 is 0.947 bits per heavy atom. The summed E-state index contributed by atoms with van der Waals surface area (Å²) in [5.41, 5.74) is 5.75. The lowest BCUT2D eigenvalue weighted by Gasteiger charge is -2.21. The van der Waals surface area contributed by atoms with Gasteiger partial charge in [-0.05, 0) is 36.6 Å². The molecule has 0 radical (unpaired) electrons. The Bertz CT molecular complexity index is 796. The molecule has 0 spiro atoms. The lowest BCUT2D eigenvalue weighted by molar-refractivity contribution is 1.25. The summed E-state index contributed by atoms with van der Waals surface area (Å²) in [5.74, 6) is 0. The number of nitrogens with zero attached hydrogens (tertiary/aromatic N) is 1. The molecule has 92 valence electrons. The van der Waals surface area contributed by atoms with Crippen molar-refractivity contribution in [3.05, 3.63) is 54.2 Å². The van der Waals surface area contributed by atoms with Gasteiger partial charge in [0.15, 0.2) is 0 Å². The topological polar surface area (TPSA) is 24.9 Å². The molecule has 3 aromatic rings. The molecule has 0 aliphatic carbocycles. The number of aryl methyl sites for hydroxylation is 1. The Kier molecular flexibility index (Phi) is 2.29. The molecule has 0 bridgehead atoms. The monoisotopic (exact) mass is 264 g/mol. The quantitative estimate of drug-likeness (QED) is 0.599. The third-order valence-corrected chi connectivity index (χ3v) is 4.32. The Morgan fingerprint density at radius 3 is 2.74 bits per heavy atom. The number of rotatable bonds is 0. The van der Waals surface area contributed by atoms with Gasteiger partial charge in [0, 0.05) is 21.5 Å². The van der Waals surface area contributed by atoms with Gasteiger partial charge in [0.2, 0.25) is 0 Å². The van der Waals surface area contributed by atoms with Gasteiger partial charge in [0.25, 0.3) is 0 Å². The molecule has 0 saturated heterocycles. The average molecular weight is 264 g/mol. The van der Waals surface area contributed by atoms with E-state index in [1.807, 2.05) is 6.92 Å². The predicted octanol–water partition coefficient (Wildman–Crippen LogP) is 4.64. The molecule has 1 aliphatic rings. The zero-order valence-electron chi connectivity index (χ0n) is 10.5. The van der Waals surface area contributed by atoms with Crippen LogP contribution in [0, 0.1) is 6.92 Å². The summed E-state index contributed by atoms with van der Waals surface area (Å²) >= 11 is 1.66. The second-order valence-electron chi connectivity index (χ2n) is 4.71. The number of anilines is 1. The highest BCUT2D eigenvalue weighted by atomic mass is 32.2. The minimum Gasteiger partial charge on any atom is -0.323 e. The first kappa shape index (κ1) is 10.9. The van der Waals surface area contributed by atoms with E-state index in [0.29, 0.717) is 0 Å². The molecule has 1 aromatic heterocycles. The SMILES string of the molecule is Cc1ccc2ccc3c(c2n1)NSc1ccccc1-3. The first-order valence-corrected chi connectivity index (χ1v) is 7.07. The fourth-order valence-corrected chi connectivity index (χ4v) is 3.35. The van der Waals surface area contributed by atoms with Crippen molar-refractivity contribution in [2.24, 2.45) is 0 Å². The smallest absolute Gasteiger partial charge is 0.0951 e. The molecule has 2 heterocycles. The van der Waals surface area contributed by atoms with Gasteiger partial charge >= 0.3 is 0 Å². The Labute approximate surface area is 116 Å². The summed E-state index contributed by atoms with van der Waals surface area (Å²) in [4.78, 5) is 5.95. The lowest BCUT2D eigenvalue weighted by Crippen LogP contribution is -2.00. The van der Waals surface area contributed by atoms with Gasteiger partial charge in [-0.25, -0.2) is 0 Å². The molecule has 0 amide bonds. The Morgan fingerprint density at radius 2 is 1.79 bits per heavy atom. The van der Waals surface area contributed by atoms with E-state index in [2.05, 4.69) is 58.2 Å². The van der Waals surface area contributed by atoms with Crippen molar-refractivity contribution in [2.75, 3.05) is 4.72 Å². The van der Waals surface area contributed by atoms with Crippen molar-refractivity contribution in [3.8, 4) is 11.1 Å². The molecule has 0 unspecified atom stereocenters. The standard InChI is InChI=1S/C16H12N2S/c1-10-6-7-11-8-9-13-12-4-2-3-5-14(12)19-18-16(13)15(11)17-10/h2-9,18H,1H3. The molecule has 1 N–H and O–H groups in total. The number of fused-ring (bicyclic) bond motifs is 5. The summed E-state index contributed by atoms with van der Waals surface area (Å²) < 4.78 is 3.44. The van der Waals surface area contributed by atoms with Crippen LogP contribution in [0.2, 0.25) is 0 Å². The van der Waals surface area contributed by atoms with Crippen LogP contribution in [0.15, 0.2) is 53.4 Å². The highest BCUT2D eigenvalue weighted by Crippen LogP contribution is 2.44. The van der Waals surface area contributed by atoms with Gasteiger partial charge in [-0.2, -0.15) is 0 Å². The minimum atomic E-state index is 1.05. The fourth-order valence-electron chi connectivity index (χ4n) is 2.50. The van der Waals surface area contributed by atoms with E-state index in [4.69, 9.17) is 0 Å². The number of nitrogens with one attached hydrogen (secondary N) is 1. The molecule has 2 aromatic carbocycles. The van der Waals surface area contributed by atoms with Crippen molar-refractivity contribution in [2.45, 2.75) is 11.8 Å². The second kappa shape index (κ2) is 4.00. The Hall–Kier alpha value is -2.00. The van der Waals surface area contributed by atoms with E-state index >= 15 is 0 Å². The largest absolute Gasteiger partial charge is 0.323 e. The molecular formula is C16H12N2S. The maximum absolute atomic E-state index is 4.69. The van der Waals surface area contributed by atoms with E-state index in [1.54, 1.807) is 11.9 Å². The van der Waals surface area contributed by atoms with Crippen LogP contribution in [-0.2, 0) is 0 Å². The normalized spacial score (nSPS) is 12.7. The van der Waals surface area contributed by atoms with Gasteiger partial charge in [-0.15, -0.1) is 0 Å². The molecule has 0 fully saturated rings. The molecule has 19 heavy (non-hydrogen) atoms. The van der Waals surface area contributed by atoms with Crippen LogP contribution >= 0.6 is 11.9 Å². The lowest BCUT2D eigenvalue weighted by atomic mass is 10.0. The van der Waals surface area contributed by atoms with Crippen molar-refractivity contribution in [1.82, 2.24) is 4.98 Å². The number of pyridine rings is 1. The van der Waals surface area contributed by atoms with Crippen LogP contribution in [0.5, 0.6) is 0 Å². The average Bonchev–Trinajstić information content (AvgIpc) is 2.46. The number of hydrogen-bond donors (Lipinski definition) is 1. The van der Waals surface area contributed by atoms with Crippen LogP contribution in [0.25, 0.3) is 22.0 Å². The number of aromatic nitrogens is 1. The van der Waals surface area contributed by atoms with E-state index in [9.17, 15) is 0 Å². The second-order valence-corrected chi connectivity index (χ2v) is 5.56. The molecule has 3 heteroatoms. The van der Waals surface area contributed by atoms with E-state index in [1.165, 1.54) is 21.4 Å². The molecule has 1 aliphatic heterocycles. The Balaban J connectivity index is 2.08. The number of hydrogen-bond acceptors (Lipinski definition) is 3. The van der Waals surface area contributed by atoms with Gasteiger partial charge in [0.05, 0.1) is 11.2 Å². The first-order chi connectivity index (χ1) is 9.33. The van der Waals surface area contributed by atoms with Crippen LogP contribution in [0.3, 0.4) is 0 Å². The van der Waals surface area contributed by atoms with Crippen LogP contribution < -0.4 is 4.72 Å². The minimum absolute atomic E-state index is 1.05. The van der Waals surface area contributed by atoms with Crippen molar-refractivity contribution < 1.29 is 0 Å². The zero-order chi connectivity index (χ0) is 12.8. The molecule has 2 nitrogen and oxygen atoms in total. The van der Waals surface area contributed by atoms with Crippen LogP contribution in [-0.4, -0.2) is 4.98 Å². The first-order valence-electron chi connectivity index (χ1n) is 6.25. The predicted molar refractivity (Wildman–Crippen MR) is 81.4 cm³/mol. The van der Waals surface area contributed by atoms with Gasteiger partial charge in [-0.3, -0.25) is 4.98 Å². The number of benzene rings is 2. The highest BCUT2D eigenvalue weighted by Gasteiger charge is 2.18. The van der Waals surface area contributed by atoms with E-state index in [0.717, 1.165) is 16.9 Å². The zero-order valence-corrected chi connectivity index (χ0v) is 11.3. The third-order valence-electron chi connectivity index (χ3n) is 3.44. The van der Waals surface area contributed by atoms with Crippen molar-refractivity contribution in [3.63, 3.8) is 0 Å². The summed E-state index contributed by atoms with van der Waals surface area (Å²) in [5, 5.41) is 1.18. The molecule has 4 rings (SSSR count). The van der Waals surface area contributed by atoms with Gasteiger partial charge in [0.1, 0.15) is 0 Å². The maximum atomic E-state index is 4.69. The van der Waals surface area contributed by atoms with Gasteiger partial charge < -0.3 is 4.72 Å². The van der Waals surface area contributed by atoms with Crippen molar-refractivity contribution >= 4 is 28.5 Å². The summed E-state index contributed by atoms with van der Waals surface area (Å²) in [6.45, 7) is 2.03. The highest BCUT2D eigenvalue weighted by molar-refractivity contribution is 8.00. The summed E-state index contributed by atoms with van der Waals surface area (Å²) in [7, 11) is 0. The van der Waals surface area contributed by atoms with E-state index < -0.39 is 0 Å². The maximum Gasteiger partial charge on any atom is 0.0951 e. The summed E-state index contributed by atoms with van der Waals surface area (Å²) in [6, 6.07) is 17.0. The summed E-state index contributed by atoms with van der Waals surface area (Å²) in [6.07, 6.45) is 0. The molecule has 0 saturated carbocycles. The third kappa shape index (κ3) is 1.62. The van der Waals surface area contributed by atoms with E-state index in [-0.39, 0.29) is 0 Å². The van der Waals surface area contributed by atoms with Crippen LogP contribution in [0.1, 0.15) is 5.69 Å². The van der Waals surface area contributed by atoms with Crippen LogP contribution in [0.4, 0.5) is 5.69 Å². The van der Waals surface area contributed by atoms with Crippen molar-refractivity contribution in [1.29, 1.82) is 0 Å². The fraction of sp³-hybridized carbons (Fsp3) is 0.0625. The molecular weight excluding hydrogens is 252 g/mol. The van der Waals surface area contributed by atoms with Gasteiger partial charge in [-0.1, -0.05) is 36.4 Å².